The number of rotatable bonds is 4. The van der Waals surface area contributed by atoms with E-state index in [0.29, 0.717) is 6.04 Å². The predicted molar refractivity (Wildman–Crippen MR) is 92.3 cm³/mol. The maximum atomic E-state index is 13.0. The smallest absolute Gasteiger partial charge is 0.191 e. The van der Waals surface area contributed by atoms with Gasteiger partial charge in [0.15, 0.2) is 5.96 Å². The van der Waals surface area contributed by atoms with Gasteiger partial charge in [0, 0.05) is 19.6 Å². The Balaban J connectivity index is 0.00000200. The van der Waals surface area contributed by atoms with Crippen molar-refractivity contribution in [3.63, 3.8) is 0 Å². The highest BCUT2D eigenvalue weighted by Gasteiger charge is 2.33. The van der Waals surface area contributed by atoms with Crippen molar-refractivity contribution < 1.29 is 4.39 Å². The first kappa shape index (κ1) is 17.2. The minimum Gasteiger partial charge on any atom is -0.356 e. The summed E-state index contributed by atoms with van der Waals surface area (Å²) in [5.74, 6) is 1.43. The van der Waals surface area contributed by atoms with Gasteiger partial charge in [0.25, 0.3) is 0 Å². The van der Waals surface area contributed by atoms with Gasteiger partial charge >= 0.3 is 0 Å². The fourth-order valence-corrected chi connectivity index (χ4v) is 2.15. The monoisotopic (exact) mass is 391 g/mol. The minimum atomic E-state index is -0.172. The lowest BCUT2D eigenvalue weighted by Crippen LogP contribution is -2.40. The molecule has 1 aromatic carbocycles. The average molecular weight is 391 g/mol. The summed E-state index contributed by atoms with van der Waals surface area (Å²) in [5, 5.41) is 6.68. The van der Waals surface area contributed by atoms with Crippen molar-refractivity contribution in [3.8, 4) is 0 Å². The second-order valence-electron chi connectivity index (χ2n) is 5.28. The van der Waals surface area contributed by atoms with E-state index in [1.165, 1.54) is 18.1 Å². The number of hydrogen-bond acceptors (Lipinski definition) is 1. The molecule has 2 unspecified atom stereocenters. The molecule has 0 aliphatic heterocycles. The Morgan fingerprint density at radius 1 is 1.45 bits per heavy atom. The van der Waals surface area contributed by atoms with Gasteiger partial charge in [-0.2, -0.15) is 0 Å². The van der Waals surface area contributed by atoms with Gasteiger partial charge in [-0.3, -0.25) is 4.99 Å². The van der Waals surface area contributed by atoms with Crippen molar-refractivity contribution in [3.05, 3.63) is 35.1 Å². The third-order valence-electron chi connectivity index (χ3n) is 3.65. The molecule has 5 heteroatoms. The van der Waals surface area contributed by atoms with Crippen LogP contribution in [0.25, 0.3) is 0 Å². The van der Waals surface area contributed by atoms with Crippen molar-refractivity contribution in [1.82, 2.24) is 10.6 Å². The van der Waals surface area contributed by atoms with Crippen molar-refractivity contribution in [2.24, 2.45) is 10.9 Å². The van der Waals surface area contributed by atoms with Crippen LogP contribution in [0.5, 0.6) is 0 Å². The van der Waals surface area contributed by atoms with Crippen LogP contribution >= 0.6 is 24.0 Å². The second-order valence-corrected chi connectivity index (χ2v) is 5.28. The van der Waals surface area contributed by atoms with Gasteiger partial charge in [-0.25, -0.2) is 4.39 Å². The van der Waals surface area contributed by atoms with Crippen LogP contribution in [0.2, 0.25) is 0 Å². The van der Waals surface area contributed by atoms with Crippen LogP contribution in [0.1, 0.15) is 24.5 Å². The van der Waals surface area contributed by atoms with Crippen LogP contribution in [0.3, 0.4) is 0 Å². The fourth-order valence-electron chi connectivity index (χ4n) is 2.15. The molecule has 2 atom stereocenters. The van der Waals surface area contributed by atoms with E-state index >= 15 is 0 Å². The molecule has 0 bridgehead atoms. The topological polar surface area (TPSA) is 36.4 Å². The van der Waals surface area contributed by atoms with Crippen molar-refractivity contribution in [2.45, 2.75) is 32.7 Å². The molecule has 0 heterocycles. The molecule has 112 valence electrons. The number of halogens is 2. The van der Waals surface area contributed by atoms with E-state index in [2.05, 4.69) is 22.5 Å². The zero-order valence-electron chi connectivity index (χ0n) is 12.2. The molecule has 0 aromatic heterocycles. The third-order valence-corrected chi connectivity index (χ3v) is 3.65. The summed E-state index contributed by atoms with van der Waals surface area (Å²) < 4.78 is 13.0. The molecule has 3 nitrogen and oxygen atoms in total. The number of nitrogens with one attached hydrogen (secondary N) is 2. The number of aliphatic imine (C=N–C) groups is 1. The van der Waals surface area contributed by atoms with E-state index in [0.717, 1.165) is 30.4 Å². The normalized spacial score (nSPS) is 21.1. The summed E-state index contributed by atoms with van der Waals surface area (Å²) in [7, 11) is 1.78. The molecule has 0 saturated heterocycles. The summed E-state index contributed by atoms with van der Waals surface area (Å²) in [6, 6.07) is 5.51. The molecule has 1 fully saturated rings. The van der Waals surface area contributed by atoms with Crippen LogP contribution in [0.4, 0.5) is 4.39 Å². The Hall–Kier alpha value is -0.850. The Morgan fingerprint density at radius 3 is 2.70 bits per heavy atom. The summed E-state index contributed by atoms with van der Waals surface area (Å²) >= 11 is 0. The highest BCUT2D eigenvalue weighted by atomic mass is 127. The fraction of sp³-hybridized carbons (Fsp3) is 0.533. The lowest BCUT2D eigenvalue weighted by atomic mass is 10.1. The van der Waals surface area contributed by atoms with Crippen LogP contribution in [-0.2, 0) is 6.42 Å². The zero-order chi connectivity index (χ0) is 13.8. The van der Waals surface area contributed by atoms with Crippen molar-refractivity contribution >= 4 is 29.9 Å². The molecule has 0 spiro atoms. The van der Waals surface area contributed by atoms with E-state index in [1.54, 1.807) is 13.1 Å². The van der Waals surface area contributed by atoms with Crippen LogP contribution < -0.4 is 10.6 Å². The summed E-state index contributed by atoms with van der Waals surface area (Å²) in [6.07, 6.45) is 2.09. The Labute approximate surface area is 137 Å². The summed E-state index contributed by atoms with van der Waals surface area (Å²) in [5.41, 5.74) is 2.17. The molecule has 1 aliphatic rings. The first-order valence-electron chi connectivity index (χ1n) is 6.82. The molecule has 1 saturated carbocycles. The molecular formula is C15H23FIN3. The molecule has 20 heavy (non-hydrogen) atoms. The van der Waals surface area contributed by atoms with E-state index < -0.39 is 0 Å². The van der Waals surface area contributed by atoms with E-state index in [-0.39, 0.29) is 29.8 Å². The molecule has 1 aliphatic carbocycles. The van der Waals surface area contributed by atoms with Crippen LogP contribution in [-0.4, -0.2) is 25.6 Å². The number of guanidine groups is 1. The van der Waals surface area contributed by atoms with E-state index in [1.807, 2.05) is 13.0 Å². The van der Waals surface area contributed by atoms with Crippen molar-refractivity contribution in [2.75, 3.05) is 13.6 Å². The summed E-state index contributed by atoms with van der Waals surface area (Å²) in [4.78, 5) is 4.20. The largest absolute Gasteiger partial charge is 0.356 e. The van der Waals surface area contributed by atoms with Crippen LogP contribution in [0, 0.1) is 18.7 Å². The number of benzene rings is 1. The first-order chi connectivity index (χ1) is 9.10. The van der Waals surface area contributed by atoms with Gasteiger partial charge in [-0.1, -0.05) is 13.0 Å². The van der Waals surface area contributed by atoms with Gasteiger partial charge in [0.1, 0.15) is 5.82 Å². The number of hydrogen-bond donors (Lipinski definition) is 2. The van der Waals surface area contributed by atoms with Gasteiger partial charge in [0.05, 0.1) is 0 Å². The standard InChI is InChI=1S/C15H22FN3.HI/c1-10-8-13(16)5-4-12(10)6-7-18-15(17-3)19-14-9-11(14)2;/h4-5,8,11,14H,6-7,9H2,1-3H3,(H2,17,18,19);1H. The maximum absolute atomic E-state index is 13.0. The lowest BCUT2D eigenvalue weighted by molar-refractivity contribution is 0.625. The third kappa shape index (κ3) is 4.92. The van der Waals surface area contributed by atoms with Crippen LogP contribution in [0.15, 0.2) is 23.2 Å². The highest BCUT2D eigenvalue weighted by molar-refractivity contribution is 14.0. The number of aryl methyl sites for hydroxylation is 1. The second kappa shape index (κ2) is 7.81. The quantitative estimate of drug-likeness (QED) is 0.471. The SMILES string of the molecule is CN=C(NCCc1ccc(F)cc1C)NC1CC1C.I. The minimum absolute atomic E-state index is 0. The van der Waals surface area contributed by atoms with Gasteiger partial charge in [-0.05, 0) is 48.9 Å². The highest BCUT2D eigenvalue weighted by Crippen LogP contribution is 2.28. The Kier molecular flexibility index (Phi) is 6.71. The average Bonchev–Trinajstić information content (AvgIpc) is 3.06. The maximum Gasteiger partial charge on any atom is 0.191 e. The zero-order valence-corrected chi connectivity index (χ0v) is 14.6. The lowest BCUT2D eigenvalue weighted by Gasteiger charge is -2.12. The predicted octanol–water partition coefficient (Wildman–Crippen LogP) is 2.87. The molecule has 2 N–H and O–H groups in total. The van der Waals surface area contributed by atoms with Gasteiger partial charge < -0.3 is 10.6 Å². The molecule has 1 aromatic rings. The van der Waals surface area contributed by atoms with Gasteiger partial charge in [0.2, 0.25) is 0 Å². The molecule has 2 rings (SSSR count). The number of nitrogens with zero attached hydrogens (tertiary/aromatic N) is 1. The molecule has 0 amide bonds. The van der Waals surface area contributed by atoms with E-state index in [4.69, 9.17) is 0 Å². The molecule has 0 radical (unpaired) electrons. The summed E-state index contributed by atoms with van der Waals surface area (Å²) in [6.45, 7) is 4.97. The molecular weight excluding hydrogens is 368 g/mol. The van der Waals surface area contributed by atoms with Crippen molar-refractivity contribution in [1.29, 1.82) is 0 Å². The van der Waals surface area contributed by atoms with Gasteiger partial charge in [-0.15, -0.1) is 24.0 Å². The van der Waals surface area contributed by atoms with E-state index in [9.17, 15) is 4.39 Å². The Morgan fingerprint density at radius 2 is 2.15 bits per heavy atom. The Bertz CT molecular complexity index is 476. The first-order valence-corrected chi connectivity index (χ1v) is 6.82.